The van der Waals surface area contributed by atoms with Crippen LogP contribution in [0.25, 0.3) is 0 Å². The van der Waals surface area contributed by atoms with Gasteiger partial charge in [-0.25, -0.2) is 4.79 Å². The van der Waals surface area contributed by atoms with Crippen LogP contribution in [0.5, 0.6) is 0 Å². The maximum atomic E-state index is 11.7. The molecule has 0 fully saturated rings. The van der Waals surface area contributed by atoms with Crippen molar-refractivity contribution < 1.29 is 9.53 Å². The SMILES string of the molecule is CN(C(=O)OC(C)(C)C)c1ccc(C#N)s1. The van der Waals surface area contributed by atoms with Gasteiger partial charge in [-0.05, 0) is 32.9 Å². The molecule has 0 saturated carbocycles. The Morgan fingerprint density at radius 2 is 2.12 bits per heavy atom. The smallest absolute Gasteiger partial charge is 0.415 e. The van der Waals surface area contributed by atoms with Crippen molar-refractivity contribution in [1.29, 1.82) is 5.26 Å². The van der Waals surface area contributed by atoms with Crippen LogP contribution in [-0.2, 0) is 4.74 Å². The highest BCUT2D eigenvalue weighted by atomic mass is 32.1. The minimum Gasteiger partial charge on any atom is -0.443 e. The highest BCUT2D eigenvalue weighted by Crippen LogP contribution is 2.25. The topological polar surface area (TPSA) is 53.3 Å². The number of rotatable bonds is 1. The van der Waals surface area contributed by atoms with Gasteiger partial charge in [0.1, 0.15) is 21.5 Å². The maximum absolute atomic E-state index is 11.7. The Kier molecular flexibility index (Phi) is 3.55. The average Bonchev–Trinajstić information content (AvgIpc) is 2.61. The van der Waals surface area contributed by atoms with E-state index in [1.807, 2.05) is 26.8 Å². The minimum absolute atomic E-state index is 0.418. The zero-order chi connectivity index (χ0) is 12.3. The molecular formula is C11H14N2O2S. The average molecular weight is 238 g/mol. The lowest BCUT2D eigenvalue weighted by atomic mass is 10.2. The standard InChI is InChI=1S/C11H14N2O2S/c1-11(2,3)15-10(14)13(4)9-6-5-8(7-12)16-9/h5-6H,1-4H3. The molecule has 1 amide bonds. The molecule has 1 heterocycles. The van der Waals surface area contributed by atoms with Gasteiger partial charge in [0.2, 0.25) is 0 Å². The van der Waals surface area contributed by atoms with Crippen LogP contribution in [0, 0.1) is 11.3 Å². The van der Waals surface area contributed by atoms with Crippen LogP contribution in [0.4, 0.5) is 9.80 Å². The highest BCUT2D eigenvalue weighted by Gasteiger charge is 2.21. The number of nitrogens with zero attached hydrogens (tertiary/aromatic N) is 2. The van der Waals surface area contributed by atoms with Gasteiger partial charge in [0.05, 0.1) is 0 Å². The summed E-state index contributed by atoms with van der Waals surface area (Å²) in [5.74, 6) is 0. The molecule has 5 heteroatoms. The molecule has 1 aromatic rings. The molecule has 16 heavy (non-hydrogen) atoms. The van der Waals surface area contributed by atoms with Crippen LogP contribution >= 0.6 is 11.3 Å². The van der Waals surface area contributed by atoms with Gasteiger partial charge in [-0.3, -0.25) is 4.90 Å². The van der Waals surface area contributed by atoms with Crippen molar-refractivity contribution in [2.75, 3.05) is 11.9 Å². The molecule has 0 spiro atoms. The quantitative estimate of drug-likeness (QED) is 0.755. The monoisotopic (exact) mass is 238 g/mol. The Labute approximate surface area is 99.1 Å². The van der Waals surface area contributed by atoms with Crippen molar-refractivity contribution in [3.63, 3.8) is 0 Å². The van der Waals surface area contributed by atoms with Gasteiger partial charge in [0.15, 0.2) is 0 Å². The van der Waals surface area contributed by atoms with Gasteiger partial charge < -0.3 is 4.74 Å². The zero-order valence-corrected chi connectivity index (χ0v) is 10.6. The molecule has 0 atom stereocenters. The van der Waals surface area contributed by atoms with E-state index < -0.39 is 11.7 Å². The predicted octanol–water partition coefficient (Wildman–Crippen LogP) is 2.99. The number of thiophene rings is 1. The highest BCUT2D eigenvalue weighted by molar-refractivity contribution is 7.16. The van der Waals surface area contributed by atoms with E-state index in [1.54, 1.807) is 19.2 Å². The number of carbonyl (C=O) groups excluding carboxylic acids is 1. The van der Waals surface area contributed by atoms with E-state index in [2.05, 4.69) is 0 Å². The summed E-state index contributed by atoms with van der Waals surface area (Å²) in [6, 6.07) is 5.44. The summed E-state index contributed by atoms with van der Waals surface area (Å²) in [5.41, 5.74) is -0.513. The van der Waals surface area contributed by atoms with Gasteiger partial charge in [-0.2, -0.15) is 5.26 Å². The Hall–Kier alpha value is -1.54. The van der Waals surface area contributed by atoms with E-state index in [0.29, 0.717) is 9.88 Å². The second-order valence-corrected chi connectivity index (χ2v) is 5.35. The summed E-state index contributed by atoms with van der Waals surface area (Å²) in [4.78, 5) is 13.7. The molecule has 0 aromatic carbocycles. The summed E-state index contributed by atoms with van der Waals surface area (Å²) in [6.07, 6.45) is -0.418. The zero-order valence-electron chi connectivity index (χ0n) is 9.77. The molecule has 0 saturated heterocycles. The Bertz CT molecular complexity index is 426. The molecule has 1 rings (SSSR count). The fraction of sp³-hybridized carbons (Fsp3) is 0.455. The van der Waals surface area contributed by atoms with E-state index in [4.69, 9.17) is 10.00 Å². The molecular weight excluding hydrogens is 224 g/mol. The van der Waals surface area contributed by atoms with Crippen molar-refractivity contribution in [3.8, 4) is 6.07 Å². The molecule has 0 aliphatic rings. The van der Waals surface area contributed by atoms with Crippen molar-refractivity contribution in [2.24, 2.45) is 0 Å². The van der Waals surface area contributed by atoms with Crippen LogP contribution in [0.2, 0.25) is 0 Å². The van der Waals surface area contributed by atoms with Crippen molar-refractivity contribution in [3.05, 3.63) is 17.0 Å². The number of hydrogen-bond donors (Lipinski definition) is 0. The largest absolute Gasteiger partial charge is 0.443 e. The van der Waals surface area contributed by atoms with Crippen LogP contribution in [0.1, 0.15) is 25.6 Å². The fourth-order valence-electron chi connectivity index (χ4n) is 0.988. The predicted molar refractivity (Wildman–Crippen MR) is 63.7 cm³/mol. The van der Waals surface area contributed by atoms with Gasteiger partial charge in [-0.15, -0.1) is 11.3 Å². The van der Waals surface area contributed by atoms with Crippen LogP contribution in [0.15, 0.2) is 12.1 Å². The summed E-state index contributed by atoms with van der Waals surface area (Å²) >= 11 is 1.26. The Morgan fingerprint density at radius 3 is 2.56 bits per heavy atom. The Balaban J connectivity index is 2.75. The molecule has 0 radical (unpaired) electrons. The molecule has 0 aliphatic carbocycles. The van der Waals surface area contributed by atoms with Gasteiger partial charge in [0.25, 0.3) is 0 Å². The third-order valence-corrected chi connectivity index (χ3v) is 2.77. The van der Waals surface area contributed by atoms with E-state index >= 15 is 0 Å². The molecule has 1 aromatic heterocycles. The van der Waals surface area contributed by atoms with Gasteiger partial charge in [-0.1, -0.05) is 0 Å². The van der Waals surface area contributed by atoms with Gasteiger partial charge >= 0.3 is 6.09 Å². The number of nitriles is 1. The number of ether oxygens (including phenoxy) is 1. The lowest BCUT2D eigenvalue weighted by Gasteiger charge is -2.23. The third kappa shape index (κ3) is 3.24. The maximum Gasteiger partial charge on any atom is 0.415 e. The molecule has 0 unspecified atom stereocenters. The summed E-state index contributed by atoms with van der Waals surface area (Å²) in [5, 5.41) is 9.38. The fourth-order valence-corrected chi connectivity index (χ4v) is 1.74. The molecule has 4 nitrogen and oxygen atoms in total. The summed E-state index contributed by atoms with van der Waals surface area (Å²) < 4.78 is 5.21. The first-order chi connectivity index (χ1) is 7.33. The third-order valence-electron chi connectivity index (χ3n) is 1.70. The van der Waals surface area contributed by atoms with Crippen LogP contribution in [-0.4, -0.2) is 18.7 Å². The lowest BCUT2D eigenvalue weighted by molar-refractivity contribution is 0.0590. The second-order valence-electron chi connectivity index (χ2n) is 4.29. The lowest BCUT2D eigenvalue weighted by Crippen LogP contribution is -2.33. The molecule has 0 N–H and O–H groups in total. The van der Waals surface area contributed by atoms with E-state index in [-0.39, 0.29) is 0 Å². The summed E-state index contributed by atoms with van der Waals surface area (Å²) in [7, 11) is 1.63. The van der Waals surface area contributed by atoms with E-state index in [9.17, 15) is 4.79 Å². The van der Waals surface area contributed by atoms with Crippen LogP contribution < -0.4 is 4.90 Å². The first-order valence-electron chi connectivity index (χ1n) is 4.80. The first-order valence-corrected chi connectivity index (χ1v) is 5.62. The minimum atomic E-state index is -0.513. The molecule has 0 bridgehead atoms. The number of hydrogen-bond acceptors (Lipinski definition) is 4. The second kappa shape index (κ2) is 4.54. The number of carbonyl (C=O) groups is 1. The number of anilines is 1. The van der Waals surface area contributed by atoms with Crippen molar-refractivity contribution in [1.82, 2.24) is 0 Å². The van der Waals surface area contributed by atoms with Crippen molar-refractivity contribution in [2.45, 2.75) is 26.4 Å². The summed E-state index contributed by atoms with van der Waals surface area (Å²) in [6.45, 7) is 5.44. The van der Waals surface area contributed by atoms with E-state index in [1.165, 1.54) is 16.2 Å². The number of amides is 1. The molecule has 0 aliphatic heterocycles. The normalized spacial score (nSPS) is 10.7. The van der Waals surface area contributed by atoms with Gasteiger partial charge in [0, 0.05) is 7.05 Å². The first kappa shape index (κ1) is 12.5. The van der Waals surface area contributed by atoms with Crippen molar-refractivity contribution >= 4 is 22.4 Å². The van der Waals surface area contributed by atoms with Crippen LogP contribution in [0.3, 0.4) is 0 Å². The van der Waals surface area contributed by atoms with E-state index in [0.717, 1.165) is 0 Å². The molecule has 86 valence electrons. The Morgan fingerprint density at radius 1 is 1.50 bits per heavy atom.